The van der Waals surface area contributed by atoms with E-state index in [0.717, 1.165) is 17.8 Å². The molecule has 0 aromatic carbocycles. The molecule has 0 bridgehead atoms. The molecule has 1 N–H and O–H groups in total. The van der Waals surface area contributed by atoms with Crippen LogP contribution in [0.2, 0.25) is 0 Å². The molecule has 0 saturated carbocycles. The van der Waals surface area contributed by atoms with Crippen molar-refractivity contribution in [2.75, 3.05) is 7.05 Å². The molecule has 0 radical (unpaired) electrons. The predicted octanol–water partition coefficient (Wildman–Crippen LogP) is 0.880. The number of fused-ring (bicyclic) bond motifs is 1. The second-order valence-corrected chi connectivity index (χ2v) is 3.45. The van der Waals surface area contributed by atoms with Gasteiger partial charge in [0.1, 0.15) is 0 Å². The fourth-order valence-corrected chi connectivity index (χ4v) is 1.38. The lowest BCUT2D eigenvalue weighted by Gasteiger charge is -2.08. The van der Waals surface area contributed by atoms with Crippen LogP contribution in [0.4, 0.5) is 0 Å². The maximum atomic E-state index is 4.48. The van der Waals surface area contributed by atoms with Crippen LogP contribution >= 0.6 is 0 Å². The maximum absolute atomic E-state index is 4.48. The summed E-state index contributed by atoms with van der Waals surface area (Å²) in [5, 5.41) is 7.29. The van der Waals surface area contributed by atoms with Gasteiger partial charge in [-0.05, 0) is 20.0 Å². The number of nitrogens with zero attached hydrogens (tertiary/aromatic N) is 3. The molecule has 4 heteroatoms. The Kier molecular flexibility index (Phi) is 2.45. The lowest BCUT2D eigenvalue weighted by Crippen LogP contribution is -2.24. The quantitative estimate of drug-likeness (QED) is 0.781. The van der Waals surface area contributed by atoms with Gasteiger partial charge in [-0.3, -0.25) is 0 Å². The molecule has 2 aromatic heterocycles. The topological polar surface area (TPSA) is 42.2 Å². The Morgan fingerprint density at radius 3 is 3.14 bits per heavy atom. The smallest absolute Gasteiger partial charge is 0.155 e. The molecule has 2 heterocycles. The van der Waals surface area contributed by atoms with Gasteiger partial charge in [0.2, 0.25) is 0 Å². The summed E-state index contributed by atoms with van der Waals surface area (Å²) < 4.78 is 1.77. The van der Waals surface area contributed by atoms with Crippen LogP contribution < -0.4 is 5.32 Å². The predicted molar refractivity (Wildman–Crippen MR) is 55.2 cm³/mol. The van der Waals surface area contributed by atoms with Gasteiger partial charge in [-0.25, -0.2) is 9.50 Å². The van der Waals surface area contributed by atoms with Gasteiger partial charge in [0.25, 0.3) is 0 Å². The van der Waals surface area contributed by atoms with Gasteiger partial charge in [0.05, 0.1) is 6.20 Å². The first-order valence-corrected chi connectivity index (χ1v) is 4.76. The first-order valence-electron chi connectivity index (χ1n) is 4.76. The standard InChI is InChI=1S/C10H14N4/c1-8(11-2)7-9-4-6-14-10(13-9)3-5-12-14/h3-6,8,11H,7H2,1-2H3. The highest BCUT2D eigenvalue weighted by Crippen LogP contribution is 2.03. The zero-order valence-corrected chi connectivity index (χ0v) is 8.44. The first kappa shape index (κ1) is 9.15. The Hall–Kier alpha value is -1.42. The highest BCUT2D eigenvalue weighted by Gasteiger charge is 2.03. The van der Waals surface area contributed by atoms with Crippen LogP contribution in [0.5, 0.6) is 0 Å². The van der Waals surface area contributed by atoms with E-state index in [2.05, 4.69) is 22.3 Å². The minimum atomic E-state index is 0.452. The summed E-state index contributed by atoms with van der Waals surface area (Å²) in [5.41, 5.74) is 2.01. The zero-order chi connectivity index (χ0) is 9.97. The minimum Gasteiger partial charge on any atom is -0.317 e. The van der Waals surface area contributed by atoms with Crippen LogP contribution in [0.25, 0.3) is 5.65 Å². The summed E-state index contributed by atoms with van der Waals surface area (Å²) in [6, 6.07) is 4.37. The molecule has 0 aliphatic carbocycles. The molecule has 0 aliphatic heterocycles. The fourth-order valence-electron chi connectivity index (χ4n) is 1.38. The van der Waals surface area contributed by atoms with Gasteiger partial charge in [0.15, 0.2) is 5.65 Å². The van der Waals surface area contributed by atoms with E-state index in [1.54, 1.807) is 10.7 Å². The molecule has 74 valence electrons. The molecule has 14 heavy (non-hydrogen) atoms. The Morgan fingerprint density at radius 1 is 1.50 bits per heavy atom. The molecule has 1 atom stereocenters. The SMILES string of the molecule is CNC(C)Cc1ccn2nccc2n1. The molecule has 1 unspecified atom stereocenters. The van der Waals surface area contributed by atoms with Crippen molar-refractivity contribution in [3.63, 3.8) is 0 Å². The van der Waals surface area contributed by atoms with Crippen LogP contribution in [0.3, 0.4) is 0 Å². The number of hydrogen-bond acceptors (Lipinski definition) is 3. The molecule has 0 spiro atoms. The average molecular weight is 190 g/mol. The van der Waals surface area contributed by atoms with Gasteiger partial charge in [0, 0.05) is 30.4 Å². The average Bonchev–Trinajstić information content (AvgIpc) is 2.64. The van der Waals surface area contributed by atoms with E-state index in [9.17, 15) is 0 Å². The summed E-state index contributed by atoms with van der Waals surface area (Å²) in [7, 11) is 1.96. The van der Waals surface area contributed by atoms with Crippen LogP contribution in [-0.2, 0) is 6.42 Å². The van der Waals surface area contributed by atoms with E-state index in [1.807, 2.05) is 25.4 Å². The lowest BCUT2D eigenvalue weighted by molar-refractivity contribution is 0.600. The van der Waals surface area contributed by atoms with Crippen molar-refractivity contribution >= 4 is 5.65 Å². The largest absolute Gasteiger partial charge is 0.317 e. The number of rotatable bonds is 3. The van der Waals surface area contributed by atoms with Crippen molar-refractivity contribution in [3.8, 4) is 0 Å². The van der Waals surface area contributed by atoms with Crippen LogP contribution in [0, 0.1) is 0 Å². The highest BCUT2D eigenvalue weighted by atomic mass is 15.2. The number of aromatic nitrogens is 3. The van der Waals surface area contributed by atoms with Gasteiger partial charge in [-0.2, -0.15) is 5.10 Å². The number of likely N-dealkylation sites (N-methyl/N-ethyl adjacent to an activating group) is 1. The molecule has 4 nitrogen and oxygen atoms in total. The summed E-state index contributed by atoms with van der Waals surface area (Å²) in [4.78, 5) is 4.48. The van der Waals surface area contributed by atoms with E-state index < -0.39 is 0 Å². The second kappa shape index (κ2) is 3.75. The minimum absolute atomic E-state index is 0.452. The number of nitrogens with one attached hydrogen (secondary N) is 1. The van der Waals surface area contributed by atoms with Crippen LogP contribution in [0.1, 0.15) is 12.6 Å². The molecule has 2 rings (SSSR count). The Bertz CT molecular complexity index is 421. The van der Waals surface area contributed by atoms with E-state index in [-0.39, 0.29) is 0 Å². The van der Waals surface area contributed by atoms with Crippen molar-refractivity contribution in [3.05, 3.63) is 30.2 Å². The Balaban J connectivity index is 2.25. The van der Waals surface area contributed by atoms with Crippen molar-refractivity contribution < 1.29 is 0 Å². The van der Waals surface area contributed by atoms with Crippen LogP contribution in [-0.4, -0.2) is 27.7 Å². The molecular formula is C10H14N4. The monoisotopic (exact) mass is 190 g/mol. The maximum Gasteiger partial charge on any atom is 0.155 e. The molecule has 0 aliphatic rings. The molecule has 0 saturated heterocycles. The van der Waals surface area contributed by atoms with Gasteiger partial charge in [-0.15, -0.1) is 0 Å². The highest BCUT2D eigenvalue weighted by molar-refractivity contribution is 5.36. The molecule has 0 amide bonds. The fraction of sp³-hybridized carbons (Fsp3) is 0.400. The normalized spacial score (nSPS) is 13.3. The summed E-state index contributed by atoms with van der Waals surface area (Å²) in [5.74, 6) is 0. The van der Waals surface area contributed by atoms with Gasteiger partial charge >= 0.3 is 0 Å². The van der Waals surface area contributed by atoms with Gasteiger partial charge < -0.3 is 5.32 Å². The Morgan fingerprint density at radius 2 is 2.36 bits per heavy atom. The second-order valence-electron chi connectivity index (χ2n) is 3.45. The third kappa shape index (κ3) is 1.75. The first-order chi connectivity index (χ1) is 6.79. The van der Waals surface area contributed by atoms with Crippen molar-refractivity contribution in [1.82, 2.24) is 19.9 Å². The molecular weight excluding hydrogens is 176 g/mol. The van der Waals surface area contributed by atoms with E-state index in [0.29, 0.717) is 6.04 Å². The van der Waals surface area contributed by atoms with Gasteiger partial charge in [-0.1, -0.05) is 0 Å². The number of hydrogen-bond donors (Lipinski definition) is 1. The van der Waals surface area contributed by atoms with Crippen molar-refractivity contribution in [1.29, 1.82) is 0 Å². The van der Waals surface area contributed by atoms with E-state index >= 15 is 0 Å². The van der Waals surface area contributed by atoms with Crippen molar-refractivity contribution in [2.24, 2.45) is 0 Å². The van der Waals surface area contributed by atoms with Crippen molar-refractivity contribution in [2.45, 2.75) is 19.4 Å². The molecule has 2 aromatic rings. The van der Waals surface area contributed by atoms with E-state index in [4.69, 9.17) is 0 Å². The third-order valence-corrected chi connectivity index (χ3v) is 2.32. The Labute approximate surface area is 83.0 Å². The zero-order valence-electron chi connectivity index (χ0n) is 8.44. The molecule has 0 fully saturated rings. The summed E-state index contributed by atoms with van der Waals surface area (Å²) in [6.45, 7) is 2.14. The van der Waals surface area contributed by atoms with E-state index in [1.165, 1.54) is 0 Å². The summed E-state index contributed by atoms with van der Waals surface area (Å²) >= 11 is 0. The third-order valence-electron chi connectivity index (χ3n) is 2.32. The summed E-state index contributed by atoms with van der Waals surface area (Å²) in [6.07, 6.45) is 4.64. The van der Waals surface area contributed by atoms with Crippen LogP contribution in [0.15, 0.2) is 24.5 Å². The lowest BCUT2D eigenvalue weighted by atomic mass is 10.2.